The van der Waals surface area contributed by atoms with Crippen molar-refractivity contribution in [2.75, 3.05) is 5.32 Å². The molecule has 0 bridgehead atoms. The predicted octanol–water partition coefficient (Wildman–Crippen LogP) is 4.76. The first kappa shape index (κ1) is 18.2. The van der Waals surface area contributed by atoms with E-state index in [1.807, 2.05) is 36.1 Å². The molecule has 7 heteroatoms. The third-order valence-electron chi connectivity index (χ3n) is 5.53. The quantitative estimate of drug-likeness (QED) is 0.674. The summed E-state index contributed by atoms with van der Waals surface area (Å²) in [5.74, 6) is -0.255. The summed E-state index contributed by atoms with van der Waals surface area (Å²) in [6.45, 7) is 2.33. The number of para-hydroxylation sites is 1. The third-order valence-corrected chi connectivity index (χ3v) is 5.93. The lowest BCUT2D eigenvalue weighted by Crippen LogP contribution is -2.44. The first-order valence-electron chi connectivity index (χ1n) is 9.68. The zero-order valence-electron chi connectivity index (χ0n) is 15.9. The lowest BCUT2D eigenvalue weighted by Gasteiger charge is -2.38. The van der Waals surface area contributed by atoms with E-state index in [2.05, 4.69) is 10.4 Å². The van der Waals surface area contributed by atoms with Gasteiger partial charge < -0.3 is 10.2 Å². The number of hydrogen-bond acceptors (Lipinski definition) is 3. The van der Waals surface area contributed by atoms with Crippen molar-refractivity contribution >= 4 is 23.2 Å². The fourth-order valence-electron chi connectivity index (χ4n) is 3.95. The summed E-state index contributed by atoms with van der Waals surface area (Å²) in [5, 5.41) is 8.60. The number of amides is 1. The summed E-state index contributed by atoms with van der Waals surface area (Å²) in [6, 6.07) is 14.1. The molecule has 2 heterocycles. The van der Waals surface area contributed by atoms with E-state index in [4.69, 9.17) is 11.6 Å². The van der Waals surface area contributed by atoms with Gasteiger partial charge in [-0.3, -0.25) is 4.79 Å². The molecule has 0 unspecified atom stereocenters. The summed E-state index contributed by atoms with van der Waals surface area (Å²) in [5.41, 5.74) is 3.97. The highest BCUT2D eigenvalue weighted by atomic mass is 35.5. The smallest absolute Gasteiger partial charge is 0.258 e. The Morgan fingerprint density at radius 1 is 1.17 bits per heavy atom. The van der Waals surface area contributed by atoms with E-state index in [9.17, 15) is 9.18 Å². The van der Waals surface area contributed by atoms with Crippen molar-refractivity contribution in [3.63, 3.8) is 0 Å². The minimum absolute atomic E-state index is 0.0219. The molecule has 1 fully saturated rings. The molecular formula is C22H20ClFN4O. The molecule has 29 heavy (non-hydrogen) atoms. The maximum atomic E-state index is 13.2. The lowest BCUT2D eigenvalue weighted by atomic mass is 10.0. The van der Waals surface area contributed by atoms with Gasteiger partial charge in [-0.05, 0) is 49.6 Å². The van der Waals surface area contributed by atoms with Crippen molar-refractivity contribution < 1.29 is 9.18 Å². The standard InChI is InChI=1S/C22H20ClFN4O/c1-13-19(20(23)27(26-13)12-14-6-8-15(24)9-7-14)21-25-18-5-3-2-4-17(18)22(29)28(21)16-10-11-16/h2-9,16,21,25H,10-12H2,1H3/t21-/m1/s1. The highest BCUT2D eigenvalue weighted by Gasteiger charge is 2.43. The second-order valence-corrected chi connectivity index (χ2v) is 7.97. The van der Waals surface area contributed by atoms with Crippen LogP contribution in [0.5, 0.6) is 0 Å². The number of carbonyl (C=O) groups excluding carboxylic acids is 1. The normalized spacial score (nSPS) is 18.5. The van der Waals surface area contributed by atoms with Gasteiger partial charge in [-0.15, -0.1) is 0 Å². The first-order valence-corrected chi connectivity index (χ1v) is 10.1. The van der Waals surface area contributed by atoms with Crippen molar-refractivity contribution in [2.45, 2.75) is 38.5 Å². The van der Waals surface area contributed by atoms with Crippen LogP contribution in [-0.4, -0.2) is 26.6 Å². The van der Waals surface area contributed by atoms with Crippen molar-refractivity contribution in [3.05, 3.63) is 81.9 Å². The van der Waals surface area contributed by atoms with Gasteiger partial charge in [0.2, 0.25) is 0 Å². The Labute approximate surface area is 173 Å². The topological polar surface area (TPSA) is 50.2 Å². The molecule has 1 aliphatic carbocycles. The molecule has 1 N–H and O–H groups in total. The summed E-state index contributed by atoms with van der Waals surface area (Å²) in [4.78, 5) is 15.1. The lowest BCUT2D eigenvalue weighted by molar-refractivity contribution is 0.0666. The molecule has 3 aromatic rings. The van der Waals surface area contributed by atoms with Crippen molar-refractivity contribution in [3.8, 4) is 0 Å². The molecule has 0 saturated heterocycles. The molecular weight excluding hydrogens is 391 g/mol. The van der Waals surface area contributed by atoms with Gasteiger partial charge in [-0.25, -0.2) is 9.07 Å². The largest absolute Gasteiger partial charge is 0.361 e. The highest BCUT2D eigenvalue weighted by molar-refractivity contribution is 6.30. The van der Waals surface area contributed by atoms with Gasteiger partial charge >= 0.3 is 0 Å². The monoisotopic (exact) mass is 410 g/mol. The van der Waals surface area contributed by atoms with Crippen LogP contribution in [0.4, 0.5) is 10.1 Å². The van der Waals surface area contributed by atoms with E-state index in [0.717, 1.165) is 35.3 Å². The fourth-order valence-corrected chi connectivity index (χ4v) is 4.29. The van der Waals surface area contributed by atoms with Crippen LogP contribution in [0.3, 0.4) is 0 Å². The van der Waals surface area contributed by atoms with Crippen LogP contribution < -0.4 is 5.32 Å². The fraction of sp³-hybridized carbons (Fsp3) is 0.273. The van der Waals surface area contributed by atoms with Gasteiger partial charge in [0.15, 0.2) is 0 Å². The van der Waals surface area contributed by atoms with E-state index in [0.29, 0.717) is 17.3 Å². The molecule has 5 rings (SSSR count). The number of hydrogen-bond donors (Lipinski definition) is 1. The Hall–Kier alpha value is -2.86. The molecule has 1 aromatic heterocycles. The number of carbonyl (C=O) groups is 1. The highest BCUT2D eigenvalue weighted by Crippen LogP contribution is 2.43. The Morgan fingerprint density at radius 2 is 1.90 bits per heavy atom. The summed E-state index contributed by atoms with van der Waals surface area (Å²) in [7, 11) is 0. The Kier molecular flexibility index (Phi) is 4.32. The molecule has 5 nitrogen and oxygen atoms in total. The molecule has 0 radical (unpaired) electrons. The van der Waals surface area contributed by atoms with Gasteiger partial charge in [0.25, 0.3) is 5.91 Å². The van der Waals surface area contributed by atoms with E-state index in [1.165, 1.54) is 12.1 Å². The molecule has 1 amide bonds. The molecule has 1 saturated carbocycles. The van der Waals surface area contributed by atoms with Crippen LogP contribution in [0.2, 0.25) is 5.15 Å². The van der Waals surface area contributed by atoms with Crippen LogP contribution in [0.25, 0.3) is 0 Å². The van der Waals surface area contributed by atoms with Crippen LogP contribution in [0.1, 0.15) is 46.2 Å². The number of rotatable bonds is 4. The summed E-state index contributed by atoms with van der Waals surface area (Å²) < 4.78 is 14.9. The summed E-state index contributed by atoms with van der Waals surface area (Å²) >= 11 is 6.76. The molecule has 2 aromatic carbocycles. The van der Waals surface area contributed by atoms with Crippen LogP contribution in [0, 0.1) is 12.7 Å². The van der Waals surface area contributed by atoms with Gasteiger partial charge in [-0.1, -0.05) is 35.9 Å². The summed E-state index contributed by atoms with van der Waals surface area (Å²) in [6.07, 6.45) is 1.62. The Balaban J connectivity index is 1.53. The van der Waals surface area contributed by atoms with E-state index < -0.39 is 0 Å². The van der Waals surface area contributed by atoms with Crippen LogP contribution in [-0.2, 0) is 6.54 Å². The van der Waals surface area contributed by atoms with E-state index in [1.54, 1.807) is 16.8 Å². The number of benzene rings is 2. The van der Waals surface area contributed by atoms with Crippen molar-refractivity contribution in [2.24, 2.45) is 0 Å². The maximum absolute atomic E-state index is 13.2. The zero-order chi connectivity index (χ0) is 20.1. The number of anilines is 1. The molecule has 148 valence electrons. The number of nitrogens with zero attached hydrogens (tertiary/aromatic N) is 3. The zero-order valence-corrected chi connectivity index (χ0v) is 16.7. The minimum Gasteiger partial charge on any atom is -0.361 e. The van der Waals surface area contributed by atoms with Crippen molar-refractivity contribution in [1.82, 2.24) is 14.7 Å². The number of halogens is 2. The Bertz CT molecular complexity index is 1090. The molecule has 0 spiro atoms. The van der Waals surface area contributed by atoms with Crippen LogP contribution in [0.15, 0.2) is 48.5 Å². The van der Waals surface area contributed by atoms with Crippen molar-refractivity contribution in [1.29, 1.82) is 0 Å². The second kappa shape index (κ2) is 6.88. The average Bonchev–Trinajstić information content (AvgIpc) is 3.50. The van der Waals surface area contributed by atoms with E-state index in [-0.39, 0.29) is 23.9 Å². The minimum atomic E-state index is -0.362. The SMILES string of the molecule is Cc1nn(Cc2ccc(F)cc2)c(Cl)c1[C@@H]1Nc2ccccc2C(=O)N1C1CC1. The second-order valence-electron chi connectivity index (χ2n) is 7.61. The maximum Gasteiger partial charge on any atom is 0.258 e. The van der Waals surface area contributed by atoms with Gasteiger partial charge in [0, 0.05) is 11.7 Å². The molecule has 1 atom stereocenters. The molecule has 1 aliphatic heterocycles. The predicted molar refractivity (Wildman–Crippen MR) is 109 cm³/mol. The number of aryl methyl sites for hydroxylation is 1. The number of nitrogens with one attached hydrogen (secondary N) is 1. The average molecular weight is 411 g/mol. The van der Waals surface area contributed by atoms with Crippen LogP contribution >= 0.6 is 11.6 Å². The number of fused-ring (bicyclic) bond motifs is 1. The third kappa shape index (κ3) is 3.17. The van der Waals surface area contributed by atoms with Gasteiger partial charge in [-0.2, -0.15) is 5.10 Å². The molecule has 2 aliphatic rings. The Morgan fingerprint density at radius 3 is 2.62 bits per heavy atom. The number of aromatic nitrogens is 2. The van der Waals surface area contributed by atoms with E-state index >= 15 is 0 Å². The van der Waals surface area contributed by atoms with Gasteiger partial charge in [0.05, 0.1) is 23.4 Å². The first-order chi connectivity index (χ1) is 14.0. The van der Waals surface area contributed by atoms with Gasteiger partial charge in [0.1, 0.15) is 17.1 Å².